The second kappa shape index (κ2) is 7.53. The van der Waals surface area contributed by atoms with E-state index in [1.54, 1.807) is 0 Å². The van der Waals surface area contributed by atoms with Gasteiger partial charge in [0.2, 0.25) is 0 Å². The van der Waals surface area contributed by atoms with Crippen molar-refractivity contribution in [2.75, 3.05) is 25.0 Å². The molecule has 0 unspecified atom stereocenters. The maximum Gasteiger partial charge on any atom is 0.130 e. The highest BCUT2D eigenvalue weighted by atomic mass is 15.2. The summed E-state index contributed by atoms with van der Waals surface area (Å²) in [5.41, 5.74) is 3.28. The van der Waals surface area contributed by atoms with Crippen LogP contribution in [0.2, 0.25) is 0 Å². The number of likely N-dealkylation sites (tertiary alicyclic amines) is 1. The molecule has 1 fully saturated rings. The summed E-state index contributed by atoms with van der Waals surface area (Å²) in [4.78, 5) is 11.4. The molecule has 1 N–H and O–H groups in total. The summed E-state index contributed by atoms with van der Waals surface area (Å²) in [6, 6.07) is 8.55. The van der Waals surface area contributed by atoms with Gasteiger partial charge in [-0.2, -0.15) is 0 Å². The fourth-order valence-electron chi connectivity index (χ4n) is 3.75. The second-order valence-corrected chi connectivity index (χ2v) is 7.45. The van der Waals surface area contributed by atoms with Crippen LogP contribution in [0.4, 0.5) is 5.82 Å². The SMILES string of the molecule is C=C(CN1CCCCC1)Nc1cc2cc(-c3cnc(C)n3C)ccc2cn1. The van der Waals surface area contributed by atoms with E-state index in [-0.39, 0.29) is 0 Å². The molecule has 1 aliphatic heterocycles. The van der Waals surface area contributed by atoms with E-state index in [9.17, 15) is 0 Å². The maximum atomic E-state index is 4.56. The molecule has 3 heterocycles. The molecule has 0 bridgehead atoms. The Bertz CT molecular complexity index is 966. The summed E-state index contributed by atoms with van der Waals surface area (Å²) in [6.45, 7) is 9.43. The van der Waals surface area contributed by atoms with Crippen LogP contribution in [0, 0.1) is 6.92 Å². The average Bonchev–Trinajstić information content (AvgIpc) is 3.01. The van der Waals surface area contributed by atoms with Crippen molar-refractivity contribution in [3.05, 3.63) is 54.8 Å². The molecule has 140 valence electrons. The molecule has 5 nitrogen and oxygen atoms in total. The van der Waals surface area contributed by atoms with E-state index in [0.29, 0.717) is 0 Å². The minimum atomic E-state index is 0.850. The topological polar surface area (TPSA) is 46.0 Å². The van der Waals surface area contributed by atoms with Crippen LogP contribution in [0.15, 0.2) is 48.9 Å². The van der Waals surface area contributed by atoms with Crippen molar-refractivity contribution in [3.8, 4) is 11.3 Å². The standard InChI is InChI=1S/C22H27N5/c1-16(15-27-9-5-4-6-10-27)25-22-12-20-11-18(7-8-19(20)13-24-22)21-14-23-17(2)26(21)3/h7-8,11-14H,1,4-6,9-10,15H2,2-3H3,(H,24,25). The number of imidazole rings is 1. The van der Waals surface area contributed by atoms with Gasteiger partial charge in [-0.05, 0) is 50.4 Å². The van der Waals surface area contributed by atoms with Crippen molar-refractivity contribution in [1.82, 2.24) is 19.4 Å². The first-order valence-electron chi connectivity index (χ1n) is 9.66. The van der Waals surface area contributed by atoms with Gasteiger partial charge in [0.25, 0.3) is 0 Å². The number of anilines is 1. The fourth-order valence-corrected chi connectivity index (χ4v) is 3.75. The van der Waals surface area contributed by atoms with Crippen molar-refractivity contribution in [3.63, 3.8) is 0 Å². The van der Waals surface area contributed by atoms with E-state index in [4.69, 9.17) is 0 Å². The van der Waals surface area contributed by atoms with Crippen LogP contribution in [0.5, 0.6) is 0 Å². The molecule has 0 saturated carbocycles. The number of aromatic nitrogens is 3. The molecule has 0 radical (unpaired) electrons. The van der Waals surface area contributed by atoms with Crippen LogP contribution in [0.25, 0.3) is 22.0 Å². The van der Waals surface area contributed by atoms with Gasteiger partial charge in [0, 0.05) is 36.4 Å². The smallest absolute Gasteiger partial charge is 0.130 e. The number of hydrogen-bond acceptors (Lipinski definition) is 4. The summed E-state index contributed by atoms with van der Waals surface area (Å²) in [5, 5.41) is 5.68. The van der Waals surface area contributed by atoms with Gasteiger partial charge in [0.1, 0.15) is 11.6 Å². The highest BCUT2D eigenvalue weighted by Gasteiger charge is 2.12. The fraction of sp³-hybridized carbons (Fsp3) is 0.364. The lowest BCUT2D eigenvalue weighted by Crippen LogP contribution is -2.32. The Morgan fingerprint density at radius 2 is 1.89 bits per heavy atom. The molecule has 1 aromatic carbocycles. The first kappa shape index (κ1) is 17.7. The van der Waals surface area contributed by atoms with E-state index < -0.39 is 0 Å². The van der Waals surface area contributed by atoms with Crippen molar-refractivity contribution in [2.45, 2.75) is 26.2 Å². The van der Waals surface area contributed by atoms with Gasteiger partial charge in [-0.1, -0.05) is 25.1 Å². The molecule has 1 saturated heterocycles. The predicted octanol–water partition coefficient (Wildman–Crippen LogP) is 4.36. The van der Waals surface area contributed by atoms with E-state index in [1.165, 1.54) is 32.4 Å². The van der Waals surface area contributed by atoms with Crippen LogP contribution >= 0.6 is 0 Å². The van der Waals surface area contributed by atoms with Crippen molar-refractivity contribution >= 4 is 16.6 Å². The molecule has 1 aliphatic rings. The predicted molar refractivity (Wildman–Crippen MR) is 112 cm³/mol. The molecular weight excluding hydrogens is 334 g/mol. The van der Waals surface area contributed by atoms with Gasteiger partial charge in [-0.15, -0.1) is 0 Å². The van der Waals surface area contributed by atoms with E-state index in [2.05, 4.69) is 55.6 Å². The van der Waals surface area contributed by atoms with Crippen LogP contribution in [0.3, 0.4) is 0 Å². The Balaban J connectivity index is 1.53. The molecule has 4 rings (SSSR count). The molecule has 0 amide bonds. The first-order chi connectivity index (χ1) is 13.1. The Morgan fingerprint density at radius 3 is 2.63 bits per heavy atom. The largest absolute Gasteiger partial charge is 0.343 e. The molecule has 27 heavy (non-hydrogen) atoms. The number of fused-ring (bicyclic) bond motifs is 1. The number of hydrogen-bond donors (Lipinski definition) is 1. The quantitative estimate of drug-likeness (QED) is 0.734. The molecule has 2 aromatic heterocycles. The van der Waals surface area contributed by atoms with Gasteiger partial charge in [-0.3, -0.25) is 4.90 Å². The van der Waals surface area contributed by atoms with Crippen molar-refractivity contribution < 1.29 is 0 Å². The zero-order valence-electron chi connectivity index (χ0n) is 16.2. The third kappa shape index (κ3) is 3.88. The number of piperidine rings is 1. The van der Waals surface area contributed by atoms with Crippen molar-refractivity contribution in [2.24, 2.45) is 7.05 Å². The van der Waals surface area contributed by atoms with E-state index >= 15 is 0 Å². The Morgan fingerprint density at radius 1 is 1.07 bits per heavy atom. The highest BCUT2D eigenvalue weighted by Crippen LogP contribution is 2.26. The number of benzene rings is 1. The number of nitrogens with one attached hydrogen (secondary N) is 1. The number of pyridine rings is 1. The molecule has 5 heteroatoms. The Kier molecular flexibility index (Phi) is 4.94. The molecule has 0 spiro atoms. The first-order valence-corrected chi connectivity index (χ1v) is 9.66. The molecule has 3 aromatic rings. The van der Waals surface area contributed by atoms with E-state index in [1.807, 2.05) is 26.4 Å². The number of rotatable bonds is 5. The zero-order valence-corrected chi connectivity index (χ0v) is 16.2. The van der Waals surface area contributed by atoms with Gasteiger partial charge in [0.15, 0.2) is 0 Å². The summed E-state index contributed by atoms with van der Waals surface area (Å²) in [6.07, 6.45) is 7.78. The van der Waals surface area contributed by atoms with Gasteiger partial charge < -0.3 is 9.88 Å². The number of nitrogens with zero attached hydrogens (tertiary/aromatic N) is 4. The Hall–Kier alpha value is -2.66. The molecule has 0 atom stereocenters. The zero-order chi connectivity index (χ0) is 18.8. The second-order valence-electron chi connectivity index (χ2n) is 7.45. The number of aryl methyl sites for hydroxylation is 1. The summed E-state index contributed by atoms with van der Waals surface area (Å²) >= 11 is 0. The van der Waals surface area contributed by atoms with Gasteiger partial charge in [-0.25, -0.2) is 9.97 Å². The van der Waals surface area contributed by atoms with Gasteiger partial charge in [0.05, 0.1) is 11.9 Å². The van der Waals surface area contributed by atoms with Crippen LogP contribution in [-0.4, -0.2) is 39.1 Å². The minimum absolute atomic E-state index is 0.850. The normalized spacial score (nSPS) is 15.2. The van der Waals surface area contributed by atoms with Crippen molar-refractivity contribution in [1.29, 1.82) is 0 Å². The average molecular weight is 361 g/mol. The van der Waals surface area contributed by atoms with Crippen LogP contribution < -0.4 is 5.32 Å². The summed E-state index contributed by atoms with van der Waals surface area (Å²) in [5.74, 6) is 1.86. The lowest BCUT2D eigenvalue weighted by Gasteiger charge is -2.27. The third-order valence-electron chi connectivity index (χ3n) is 5.41. The van der Waals surface area contributed by atoms with E-state index in [0.717, 1.165) is 45.9 Å². The molecular formula is C22H27N5. The maximum absolute atomic E-state index is 4.56. The molecule has 0 aliphatic carbocycles. The summed E-state index contributed by atoms with van der Waals surface area (Å²) in [7, 11) is 2.05. The van der Waals surface area contributed by atoms with Crippen LogP contribution in [0.1, 0.15) is 25.1 Å². The monoisotopic (exact) mass is 361 g/mol. The lowest BCUT2D eigenvalue weighted by molar-refractivity contribution is 0.247. The minimum Gasteiger partial charge on any atom is -0.343 e. The van der Waals surface area contributed by atoms with Crippen LogP contribution in [-0.2, 0) is 7.05 Å². The lowest BCUT2D eigenvalue weighted by atomic mass is 10.1. The van der Waals surface area contributed by atoms with Gasteiger partial charge >= 0.3 is 0 Å². The highest BCUT2D eigenvalue weighted by molar-refractivity contribution is 5.88. The Labute approximate surface area is 160 Å². The third-order valence-corrected chi connectivity index (χ3v) is 5.41. The summed E-state index contributed by atoms with van der Waals surface area (Å²) < 4.78 is 2.11.